The minimum Gasteiger partial charge on any atom is -0.297 e. The van der Waals surface area contributed by atoms with Gasteiger partial charge >= 0.3 is 0 Å². The molecule has 0 aromatic carbocycles. The smallest absolute Gasteiger partial charge is 0.296 e. The van der Waals surface area contributed by atoms with Gasteiger partial charge in [-0.15, -0.1) is 10.2 Å². The Morgan fingerprint density at radius 3 is 2.28 bits per heavy atom. The summed E-state index contributed by atoms with van der Waals surface area (Å²) in [4.78, 5) is 0. The molecule has 0 atom stereocenters. The van der Waals surface area contributed by atoms with Crippen LogP contribution in [0.3, 0.4) is 0 Å². The number of hydrogen-bond donors (Lipinski definition) is 0. The number of aromatic nitrogens is 3. The highest BCUT2D eigenvalue weighted by Crippen LogP contribution is 2.42. The van der Waals surface area contributed by atoms with Gasteiger partial charge in [0.2, 0.25) is 0 Å². The molecular formula is C11H16ClN3O2S. The van der Waals surface area contributed by atoms with Gasteiger partial charge in [-0.3, -0.25) is 4.57 Å². The Morgan fingerprint density at radius 2 is 1.72 bits per heavy atom. The average molecular weight is 290 g/mol. The van der Waals surface area contributed by atoms with E-state index >= 15 is 0 Å². The summed E-state index contributed by atoms with van der Waals surface area (Å²) in [6.07, 6.45) is 7.78. The molecule has 2 saturated carbocycles. The van der Waals surface area contributed by atoms with Gasteiger partial charge in [0.05, 0.1) is 0 Å². The topological polar surface area (TPSA) is 64.8 Å². The molecule has 0 radical (unpaired) electrons. The molecule has 0 spiro atoms. The zero-order valence-electron chi connectivity index (χ0n) is 10.0. The lowest BCUT2D eigenvalue weighted by molar-refractivity contribution is 0.411. The summed E-state index contributed by atoms with van der Waals surface area (Å²) in [7, 11) is 1.64. The Kier molecular flexibility index (Phi) is 3.10. The monoisotopic (exact) mass is 289 g/mol. The van der Waals surface area contributed by atoms with E-state index in [1.807, 2.05) is 0 Å². The molecule has 2 fully saturated rings. The molecule has 2 aliphatic rings. The van der Waals surface area contributed by atoms with Crippen LogP contribution in [0.5, 0.6) is 0 Å². The molecule has 0 unspecified atom stereocenters. The summed E-state index contributed by atoms with van der Waals surface area (Å²) in [6.45, 7) is 0. The highest BCUT2D eigenvalue weighted by molar-refractivity contribution is 8.13. The van der Waals surface area contributed by atoms with E-state index in [0.717, 1.165) is 31.5 Å². The van der Waals surface area contributed by atoms with Crippen LogP contribution in [0.4, 0.5) is 0 Å². The summed E-state index contributed by atoms with van der Waals surface area (Å²) in [5.74, 6) is 1.18. The summed E-state index contributed by atoms with van der Waals surface area (Å²) in [5.41, 5.74) is 0. The maximum Gasteiger partial charge on any atom is 0.296 e. The molecule has 7 heteroatoms. The summed E-state index contributed by atoms with van der Waals surface area (Å²) >= 11 is 0. The highest BCUT2D eigenvalue weighted by atomic mass is 35.7. The van der Waals surface area contributed by atoms with E-state index in [9.17, 15) is 8.42 Å². The van der Waals surface area contributed by atoms with Gasteiger partial charge in [0.25, 0.3) is 14.2 Å². The molecule has 5 nitrogen and oxygen atoms in total. The van der Waals surface area contributed by atoms with E-state index in [-0.39, 0.29) is 11.2 Å². The molecule has 18 heavy (non-hydrogen) atoms. The lowest BCUT2D eigenvalue weighted by atomic mass is 9.88. The van der Waals surface area contributed by atoms with E-state index in [1.165, 1.54) is 19.3 Å². The molecular weight excluding hydrogens is 274 g/mol. The number of halogens is 1. The third-order valence-corrected chi connectivity index (χ3v) is 4.92. The fourth-order valence-corrected chi connectivity index (χ4v) is 3.70. The molecule has 0 saturated heterocycles. The SMILES string of the molecule is O=S(=O)(Cl)c1nnc(C2CCCCC2)n1C1CC1. The van der Waals surface area contributed by atoms with Crippen molar-refractivity contribution in [3.8, 4) is 0 Å². The van der Waals surface area contributed by atoms with Crippen molar-refractivity contribution in [2.75, 3.05) is 0 Å². The zero-order valence-corrected chi connectivity index (χ0v) is 11.6. The second kappa shape index (κ2) is 4.49. The van der Waals surface area contributed by atoms with Gasteiger partial charge in [-0.25, -0.2) is 8.42 Å². The first-order valence-corrected chi connectivity index (χ1v) is 8.78. The van der Waals surface area contributed by atoms with Crippen molar-refractivity contribution in [3.05, 3.63) is 5.82 Å². The highest BCUT2D eigenvalue weighted by Gasteiger charge is 2.36. The van der Waals surface area contributed by atoms with Crippen molar-refractivity contribution in [2.24, 2.45) is 0 Å². The molecule has 0 bridgehead atoms. The van der Waals surface area contributed by atoms with E-state index in [0.29, 0.717) is 5.92 Å². The number of nitrogens with zero attached hydrogens (tertiary/aromatic N) is 3. The Morgan fingerprint density at radius 1 is 1.06 bits per heavy atom. The molecule has 2 aliphatic carbocycles. The van der Waals surface area contributed by atoms with E-state index in [4.69, 9.17) is 10.7 Å². The van der Waals surface area contributed by atoms with Gasteiger partial charge in [-0.1, -0.05) is 19.3 Å². The van der Waals surface area contributed by atoms with Gasteiger partial charge in [-0.05, 0) is 25.7 Å². The van der Waals surface area contributed by atoms with Crippen molar-refractivity contribution in [2.45, 2.75) is 62.1 Å². The molecule has 3 rings (SSSR count). The summed E-state index contributed by atoms with van der Waals surface area (Å²) in [5, 5.41) is 7.87. The van der Waals surface area contributed by atoms with Gasteiger partial charge in [0.15, 0.2) is 0 Å². The van der Waals surface area contributed by atoms with E-state index < -0.39 is 9.05 Å². The largest absolute Gasteiger partial charge is 0.297 e. The zero-order chi connectivity index (χ0) is 12.8. The molecule has 1 aromatic rings. The summed E-state index contributed by atoms with van der Waals surface area (Å²) < 4.78 is 24.8. The normalized spacial score (nSPS) is 22.3. The Hall–Kier alpha value is -0.620. The Bertz CT molecular complexity index is 545. The fraction of sp³-hybridized carbons (Fsp3) is 0.818. The molecule has 0 aliphatic heterocycles. The van der Waals surface area contributed by atoms with Crippen LogP contribution in [-0.2, 0) is 9.05 Å². The average Bonchev–Trinajstić information content (AvgIpc) is 3.07. The maximum atomic E-state index is 11.5. The van der Waals surface area contributed by atoms with E-state index in [2.05, 4.69) is 10.2 Å². The molecule has 0 amide bonds. The van der Waals surface area contributed by atoms with Crippen LogP contribution < -0.4 is 0 Å². The lowest BCUT2D eigenvalue weighted by Gasteiger charge is -2.21. The molecule has 1 heterocycles. The predicted octanol–water partition coefficient (Wildman–Crippen LogP) is 2.59. The van der Waals surface area contributed by atoms with E-state index in [1.54, 1.807) is 4.57 Å². The Labute approximate surface area is 111 Å². The first-order valence-electron chi connectivity index (χ1n) is 6.47. The van der Waals surface area contributed by atoms with Crippen molar-refractivity contribution >= 4 is 19.7 Å². The van der Waals surface area contributed by atoms with Gasteiger partial charge in [0, 0.05) is 22.6 Å². The van der Waals surface area contributed by atoms with Crippen LogP contribution in [0, 0.1) is 0 Å². The first-order chi connectivity index (χ1) is 8.57. The fourth-order valence-electron chi connectivity index (χ4n) is 2.77. The number of hydrogen-bond acceptors (Lipinski definition) is 4. The maximum absolute atomic E-state index is 11.5. The molecule has 0 N–H and O–H groups in total. The summed E-state index contributed by atoms with van der Waals surface area (Å²) in [6, 6.07) is 0.237. The second-order valence-corrected chi connectivity index (χ2v) is 7.67. The van der Waals surface area contributed by atoms with Crippen LogP contribution in [-0.4, -0.2) is 23.2 Å². The third-order valence-electron chi connectivity index (χ3n) is 3.79. The van der Waals surface area contributed by atoms with Crippen LogP contribution in [0.2, 0.25) is 0 Å². The van der Waals surface area contributed by atoms with Crippen molar-refractivity contribution in [1.29, 1.82) is 0 Å². The van der Waals surface area contributed by atoms with Gasteiger partial charge in [-0.2, -0.15) is 0 Å². The van der Waals surface area contributed by atoms with Crippen LogP contribution in [0.15, 0.2) is 5.16 Å². The lowest BCUT2D eigenvalue weighted by Crippen LogP contribution is -2.14. The number of rotatable bonds is 3. The quantitative estimate of drug-likeness (QED) is 0.802. The van der Waals surface area contributed by atoms with Crippen molar-refractivity contribution in [1.82, 2.24) is 14.8 Å². The van der Waals surface area contributed by atoms with Crippen molar-refractivity contribution < 1.29 is 8.42 Å². The third kappa shape index (κ3) is 2.28. The minimum absolute atomic E-state index is 0.0627. The second-order valence-electron chi connectivity index (χ2n) is 5.21. The van der Waals surface area contributed by atoms with Crippen molar-refractivity contribution in [3.63, 3.8) is 0 Å². The van der Waals surface area contributed by atoms with Crippen LogP contribution >= 0.6 is 10.7 Å². The van der Waals surface area contributed by atoms with Crippen LogP contribution in [0.25, 0.3) is 0 Å². The van der Waals surface area contributed by atoms with Gasteiger partial charge in [0.1, 0.15) is 5.82 Å². The predicted molar refractivity (Wildman–Crippen MR) is 67.2 cm³/mol. The molecule has 100 valence electrons. The Balaban J connectivity index is 2.01. The minimum atomic E-state index is -3.79. The molecule has 1 aromatic heterocycles. The van der Waals surface area contributed by atoms with Crippen LogP contribution in [0.1, 0.15) is 62.7 Å². The van der Waals surface area contributed by atoms with Gasteiger partial charge < -0.3 is 0 Å². The first kappa shape index (κ1) is 12.4. The standard InChI is InChI=1S/C11H16ClN3O2S/c12-18(16,17)11-14-13-10(15(11)9-6-7-9)8-4-2-1-3-5-8/h8-9H,1-7H2.